The molecule has 1 aromatic carbocycles. The number of hydrogen-bond donors (Lipinski definition) is 2. The van der Waals surface area contributed by atoms with Crippen molar-refractivity contribution in [1.82, 2.24) is 5.16 Å². The highest BCUT2D eigenvalue weighted by molar-refractivity contribution is 8.00. The van der Waals surface area contributed by atoms with Gasteiger partial charge in [0.15, 0.2) is 5.82 Å². The number of thiophene rings is 1. The largest absolute Gasteiger partial charge is 0.360 e. The first kappa shape index (κ1) is 19.7. The standard InChI is InChI=1S/C20H17N3O3S2/c1-14-10-18(23-26-14)22-20(25)13-27-12-19(24)21-16-5-2-4-15(11-16)7-8-17-6-3-9-28-17/h2-6,9-11H,12-13H2,1H3,(H,21,24)(H,22,23,25). The zero-order chi connectivity index (χ0) is 19.8. The molecule has 2 aromatic heterocycles. The molecule has 142 valence electrons. The zero-order valence-corrected chi connectivity index (χ0v) is 16.7. The molecule has 0 bridgehead atoms. The van der Waals surface area contributed by atoms with Crippen LogP contribution in [-0.4, -0.2) is 28.5 Å². The van der Waals surface area contributed by atoms with Gasteiger partial charge in [0.25, 0.3) is 0 Å². The van der Waals surface area contributed by atoms with Crippen molar-refractivity contribution in [3.63, 3.8) is 0 Å². The average molecular weight is 412 g/mol. The molecule has 3 aromatic rings. The summed E-state index contributed by atoms with van der Waals surface area (Å²) >= 11 is 2.80. The Morgan fingerprint density at radius 2 is 1.93 bits per heavy atom. The molecule has 2 heterocycles. The Bertz CT molecular complexity index is 1020. The van der Waals surface area contributed by atoms with Gasteiger partial charge in [-0.1, -0.05) is 29.1 Å². The summed E-state index contributed by atoms with van der Waals surface area (Å²) in [6.45, 7) is 1.74. The summed E-state index contributed by atoms with van der Waals surface area (Å²) in [7, 11) is 0. The maximum Gasteiger partial charge on any atom is 0.235 e. The first-order chi connectivity index (χ1) is 13.6. The maximum absolute atomic E-state index is 12.1. The van der Waals surface area contributed by atoms with Gasteiger partial charge in [-0.15, -0.1) is 23.1 Å². The Labute approximate surface area is 170 Å². The molecule has 0 atom stereocenters. The first-order valence-electron chi connectivity index (χ1n) is 8.35. The summed E-state index contributed by atoms with van der Waals surface area (Å²) in [6, 6.07) is 12.9. The lowest BCUT2D eigenvalue weighted by Crippen LogP contribution is -2.18. The van der Waals surface area contributed by atoms with Crippen molar-refractivity contribution >= 4 is 46.4 Å². The highest BCUT2D eigenvalue weighted by Crippen LogP contribution is 2.13. The highest BCUT2D eigenvalue weighted by Gasteiger charge is 2.08. The van der Waals surface area contributed by atoms with Gasteiger partial charge in [-0.05, 0) is 36.6 Å². The quantitative estimate of drug-likeness (QED) is 0.604. The molecule has 8 heteroatoms. The second-order valence-corrected chi connectivity index (χ2v) is 7.65. The van der Waals surface area contributed by atoms with Gasteiger partial charge in [0.1, 0.15) is 5.76 Å². The van der Waals surface area contributed by atoms with Crippen molar-refractivity contribution in [2.24, 2.45) is 0 Å². The van der Waals surface area contributed by atoms with E-state index in [2.05, 4.69) is 27.6 Å². The number of rotatable bonds is 6. The van der Waals surface area contributed by atoms with E-state index in [-0.39, 0.29) is 23.3 Å². The number of benzene rings is 1. The lowest BCUT2D eigenvalue weighted by Gasteiger charge is -2.05. The first-order valence-corrected chi connectivity index (χ1v) is 10.4. The second kappa shape index (κ2) is 9.78. The minimum absolute atomic E-state index is 0.145. The Morgan fingerprint density at radius 1 is 1.11 bits per heavy atom. The molecule has 0 saturated carbocycles. The third-order valence-corrected chi connectivity index (χ3v) is 5.08. The van der Waals surface area contributed by atoms with E-state index < -0.39 is 0 Å². The topological polar surface area (TPSA) is 84.2 Å². The molecule has 2 N–H and O–H groups in total. The molecule has 0 fully saturated rings. The van der Waals surface area contributed by atoms with Crippen LogP contribution in [0.4, 0.5) is 11.5 Å². The molecule has 6 nitrogen and oxygen atoms in total. The van der Waals surface area contributed by atoms with Crippen LogP contribution >= 0.6 is 23.1 Å². The maximum atomic E-state index is 12.1. The Morgan fingerprint density at radius 3 is 2.64 bits per heavy atom. The van der Waals surface area contributed by atoms with Crippen molar-refractivity contribution in [1.29, 1.82) is 0 Å². The van der Waals surface area contributed by atoms with Gasteiger partial charge in [-0.2, -0.15) is 0 Å². The number of amides is 2. The van der Waals surface area contributed by atoms with Crippen molar-refractivity contribution < 1.29 is 14.1 Å². The number of hydrogen-bond acceptors (Lipinski definition) is 6. The van der Waals surface area contributed by atoms with Crippen LogP contribution in [0, 0.1) is 18.8 Å². The minimum atomic E-state index is -0.239. The highest BCUT2D eigenvalue weighted by atomic mass is 32.2. The Hall–Kier alpha value is -3.02. The molecule has 0 aliphatic carbocycles. The predicted octanol–water partition coefficient (Wildman–Crippen LogP) is 3.75. The average Bonchev–Trinajstić information content (AvgIpc) is 3.32. The number of nitrogens with one attached hydrogen (secondary N) is 2. The molecule has 0 radical (unpaired) electrons. The molecule has 3 rings (SSSR count). The molecule has 0 aliphatic rings. The zero-order valence-electron chi connectivity index (χ0n) is 15.0. The number of carbonyl (C=O) groups excluding carboxylic acids is 2. The summed E-state index contributed by atoms with van der Waals surface area (Å²) in [5.74, 6) is 7.04. The molecule has 2 amide bonds. The van der Waals surface area contributed by atoms with Gasteiger partial charge < -0.3 is 15.2 Å². The fraction of sp³-hybridized carbons (Fsp3) is 0.150. The smallest absolute Gasteiger partial charge is 0.235 e. The number of aryl methyl sites for hydroxylation is 1. The third-order valence-electron chi connectivity index (χ3n) is 3.36. The van der Waals surface area contributed by atoms with E-state index in [1.807, 2.05) is 35.7 Å². The summed E-state index contributed by atoms with van der Waals surface area (Å²) in [5.41, 5.74) is 1.49. The van der Waals surface area contributed by atoms with E-state index >= 15 is 0 Å². The van der Waals surface area contributed by atoms with Crippen molar-refractivity contribution in [3.05, 3.63) is 64.0 Å². The lowest BCUT2D eigenvalue weighted by molar-refractivity contribution is -0.114. The molecular formula is C20H17N3O3S2. The Kier molecular flexibility index (Phi) is 6.89. The summed E-state index contributed by atoms with van der Waals surface area (Å²) in [5, 5.41) is 11.1. The van der Waals surface area contributed by atoms with Gasteiger partial charge >= 0.3 is 0 Å². The summed E-state index contributed by atoms with van der Waals surface area (Å²) < 4.78 is 4.88. The fourth-order valence-corrected chi connectivity index (χ4v) is 3.38. The van der Waals surface area contributed by atoms with Crippen LogP contribution in [0.15, 0.2) is 52.4 Å². The Balaban J connectivity index is 1.44. The van der Waals surface area contributed by atoms with Gasteiger partial charge in [0.2, 0.25) is 11.8 Å². The van der Waals surface area contributed by atoms with Crippen LogP contribution in [0.5, 0.6) is 0 Å². The van der Waals surface area contributed by atoms with Gasteiger partial charge in [-0.3, -0.25) is 9.59 Å². The van der Waals surface area contributed by atoms with Gasteiger partial charge in [-0.25, -0.2) is 0 Å². The number of thioether (sulfide) groups is 1. The van der Waals surface area contributed by atoms with E-state index in [9.17, 15) is 9.59 Å². The van der Waals surface area contributed by atoms with E-state index in [0.717, 1.165) is 10.4 Å². The molecule has 28 heavy (non-hydrogen) atoms. The van der Waals surface area contributed by atoms with Gasteiger partial charge in [0.05, 0.1) is 16.4 Å². The van der Waals surface area contributed by atoms with Crippen molar-refractivity contribution in [2.45, 2.75) is 6.92 Å². The molecule has 0 saturated heterocycles. The van der Waals surface area contributed by atoms with E-state index in [1.54, 1.807) is 30.4 Å². The van der Waals surface area contributed by atoms with Gasteiger partial charge in [0, 0.05) is 17.3 Å². The van der Waals surface area contributed by atoms with Crippen LogP contribution in [0.25, 0.3) is 0 Å². The van der Waals surface area contributed by atoms with Crippen LogP contribution in [0.3, 0.4) is 0 Å². The van der Waals surface area contributed by atoms with E-state index in [0.29, 0.717) is 17.3 Å². The van der Waals surface area contributed by atoms with Crippen molar-refractivity contribution in [2.75, 3.05) is 22.1 Å². The van der Waals surface area contributed by atoms with E-state index in [4.69, 9.17) is 4.52 Å². The minimum Gasteiger partial charge on any atom is -0.360 e. The van der Waals surface area contributed by atoms with Crippen LogP contribution < -0.4 is 10.6 Å². The number of nitrogens with zero attached hydrogens (tertiary/aromatic N) is 1. The molecular weight excluding hydrogens is 394 g/mol. The molecule has 0 spiro atoms. The summed E-state index contributed by atoms with van der Waals surface area (Å²) in [6.07, 6.45) is 0. The van der Waals surface area contributed by atoms with E-state index in [1.165, 1.54) is 11.8 Å². The normalized spacial score (nSPS) is 10.0. The summed E-state index contributed by atoms with van der Waals surface area (Å²) in [4.78, 5) is 24.9. The number of carbonyl (C=O) groups is 2. The third kappa shape index (κ3) is 6.30. The second-order valence-electron chi connectivity index (χ2n) is 5.72. The number of anilines is 2. The molecule has 0 aliphatic heterocycles. The van der Waals surface area contributed by atoms with Crippen LogP contribution in [0.1, 0.15) is 16.2 Å². The van der Waals surface area contributed by atoms with Crippen LogP contribution in [0.2, 0.25) is 0 Å². The van der Waals surface area contributed by atoms with Crippen molar-refractivity contribution in [3.8, 4) is 11.8 Å². The lowest BCUT2D eigenvalue weighted by atomic mass is 10.2. The predicted molar refractivity (Wildman–Crippen MR) is 113 cm³/mol. The fourth-order valence-electron chi connectivity index (χ4n) is 2.20. The van der Waals surface area contributed by atoms with Crippen LogP contribution in [-0.2, 0) is 9.59 Å². The SMILES string of the molecule is Cc1cc(NC(=O)CSCC(=O)Nc2cccc(C#Cc3cccs3)c2)no1. The monoisotopic (exact) mass is 411 g/mol. The number of aromatic nitrogens is 1. The molecule has 0 unspecified atom stereocenters.